The van der Waals surface area contributed by atoms with Crippen LogP contribution < -0.4 is 5.32 Å². The molecule has 0 spiro atoms. The highest BCUT2D eigenvalue weighted by atomic mass is 16.3. The van der Waals surface area contributed by atoms with Gasteiger partial charge in [0.15, 0.2) is 0 Å². The molecule has 0 unspecified atom stereocenters. The molecule has 0 saturated carbocycles. The number of nitrogens with zero attached hydrogens (tertiary/aromatic N) is 2. The van der Waals surface area contributed by atoms with Crippen molar-refractivity contribution >= 4 is 16.9 Å². The molecule has 136 valence electrons. The molecule has 2 aromatic carbocycles. The third-order valence-corrected chi connectivity index (χ3v) is 4.57. The van der Waals surface area contributed by atoms with Gasteiger partial charge in [0.2, 0.25) is 5.91 Å². The van der Waals surface area contributed by atoms with E-state index in [-0.39, 0.29) is 18.6 Å². The quantitative estimate of drug-likeness (QED) is 0.655. The summed E-state index contributed by atoms with van der Waals surface area (Å²) in [6.45, 7) is 2.75. The zero-order chi connectivity index (χ0) is 18.4. The average molecular weight is 351 g/mol. The summed E-state index contributed by atoms with van der Waals surface area (Å²) in [6, 6.07) is 18.6. The van der Waals surface area contributed by atoms with E-state index in [9.17, 15) is 4.79 Å². The van der Waals surface area contributed by atoms with Crippen molar-refractivity contribution in [2.24, 2.45) is 0 Å². The summed E-state index contributed by atoms with van der Waals surface area (Å²) in [7, 11) is 0. The van der Waals surface area contributed by atoms with Gasteiger partial charge in [0.1, 0.15) is 5.82 Å². The largest absolute Gasteiger partial charge is 0.396 e. The molecule has 2 N–H and O–H groups in total. The molecule has 26 heavy (non-hydrogen) atoms. The number of aliphatic hydroxyl groups is 1. The Hall–Kier alpha value is -2.66. The Morgan fingerprint density at radius 3 is 2.65 bits per heavy atom. The Morgan fingerprint density at radius 2 is 1.88 bits per heavy atom. The van der Waals surface area contributed by atoms with Gasteiger partial charge in [-0.1, -0.05) is 42.5 Å². The predicted octanol–water partition coefficient (Wildman–Crippen LogP) is 3.08. The molecule has 3 aromatic rings. The van der Waals surface area contributed by atoms with Crippen LogP contribution >= 0.6 is 0 Å². The minimum absolute atomic E-state index is 0.0298. The van der Waals surface area contributed by atoms with Gasteiger partial charge in [-0.05, 0) is 31.0 Å². The lowest BCUT2D eigenvalue weighted by molar-refractivity contribution is -0.121. The number of amides is 1. The van der Waals surface area contributed by atoms with Crippen molar-refractivity contribution in [1.29, 1.82) is 0 Å². The first kappa shape index (κ1) is 18.1. The molecule has 0 radical (unpaired) electrons. The number of nitrogens with one attached hydrogen (secondary N) is 1. The lowest BCUT2D eigenvalue weighted by Gasteiger charge is -2.18. The zero-order valence-electron chi connectivity index (χ0n) is 15.1. The van der Waals surface area contributed by atoms with Gasteiger partial charge in [-0.2, -0.15) is 0 Å². The highest BCUT2D eigenvalue weighted by Gasteiger charge is 2.17. The van der Waals surface area contributed by atoms with Gasteiger partial charge in [0, 0.05) is 26.0 Å². The van der Waals surface area contributed by atoms with Crippen molar-refractivity contribution in [3.05, 3.63) is 66.0 Å². The van der Waals surface area contributed by atoms with E-state index < -0.39 is 0 Å². The second-order valence-corrected chi connectivity index (χ2v) is 6.40. The number of fused-ring (bicyclic) bond motifs is 1. The van der Waals surface area contributed by atoms with Gasteiger partial charge in [-0.3, -0.25) is 4.79 Å². The monoisotopic (exact) mass is 351 g/mol. The van der Waals surface area contributed by atoms with E-state index in [1.807, 2.05) is 36.4 Å². The van der Waals surface area contributed by atoms with Crippen molar-refractivity contribution in [1.82, 2.24) is 14.9 Å². The molecule has 0 fully saturated rings. The Balaban J connectivity index is 1.82. The Morgan fingerprint density at radius 1 is 1.15 bits per heavy atom. The van der Waals surface area contributed by atoms with Gasteiger partial charge in [0.25, 0.3) is 0 Å². The number of aliphatic hydroxyl groups excluding tert-OH is 1. The lowest BCUT2D eigenvalue weighted by atomic mass is 10.1. The molecule has 0 saturated heterocycles. The number of aromatic nitrogens is 2. The zero-order valence-corrected chi connectivity index (χ0v) is 15.1. The Labute approximate surface area is 153 Å². The van der Waals surface area contributed by atoms with Crippen molar-refractivity contribution in [3.8, 4) is 0 Å². The highest BCUT2D eigenvalue weighted by molar-refractivity contribution is 5.77. The number of carbonyl (C=O) groups is 1. The molecule has 1 atom stereocenters. The first-order chi connectivity index (χ1) is 12.7. The van der Waals surface area contributed by atoms with Gasteiger partial charge >= 0.3 is 0 Å². The molecular weight excluding hydrogens is 326 g/mol. The van der Waals surface area contributed by atoms with Crippen LogP contribution in [0.5, 0.6) is 0 Å². The van der Waals surface area contributed by atoms with Crippen LogP contribution in [-0.2, 0) is 11.2 Å². The van der Waals surface area contributed by atoms with E-state index in [2.05, 4.69) is 35.0 Å². The van der Waals surface area contributed by atoms with E-state index in [4.69, 9.17) is 10.1 Å². The molecule has 0 aliphatic carbocycles. The number of benzene rings is 2. The van der Waals surface area contributed by atoms with Crippen molar-refractivity contribution in [2.75, 3.05) is 13.2 Å². The first-order valence-corrected chi connectivity index (χ1v) is 9.09. The van der Waals surface area contributed by atoms with E-state index in [1.165, 1.54) is 5.56 Å². The number of imidazole rings is 1. The van der Waals surface area contributed by atoms with E-state index in [0.717, 1.165) is 16.9 Å². The standard InChI is InChI=1S/C21H25N3O2/c1-16(17-8-3-2-4-9-17)24-19-11-6-5-10-18(19)23-20(24)13-14-22-21(26)12-7-15-25/h2-6,8-11,16,25H,7,12-15H2,1H3,(H,22,26)/t16-/m0/s1. The fraction of sp³-hybridized carbons (Fsp3) is 0.333. The number of rotatable bonds is 8. The minimum atomic E-state index is -0.0298. The minimum Gasteiger partial charge on any atom is -0.396 e. The molecule has 0 bridgehead atoms. The van der Waals surface area contributed by atoms with E-state index in [1.54, 1.807) is 0 Å². The summed E-state index contributed by atoms with van der Waals surface area (Å²) in [6.07, 6.45) is 1.51. The van der Waals surface area contributed by atoms with Crippen molar-refractivity contribution < 1.29 is 9.90 Å². The highest BCUT2D eigenvalue weighted by Crippen LogP contribution is 2.26. The molecule has 5 heteroatoms. The van der Waals surface area contributed by atoms with Crippen LogP contribution in [0.2, 0.25) is 0 Å². The molecule has 5 nitrogen and oxygen atoms in total. The van der Waals surface area contributed by atoms with Crippen LogP contribution in [0.3, 0.4) is 0 Å². The fourth-order valence-electron chi connectivity index (χ4n) is 3.23. The summed E-state index contributed by atoms with van der Waals surface area (Å²) >= 11 is 0. The molecule has 1 amide bonds. The summed E-state index contributed by atoms with van der Waals surface area (Å²) in [5, 5.41) is 11.7. The van der Waals surface area contributed by atoms with Crippen LogP contribution in [0.25, 0.3) is 11.0 Å². The molecule has 0 aliphatic heterocycles. The van der Waals surface area contributed by atoms with Crippen LogP contribution in [0, 0.1) is 0 Å². The normalized spacial score (nSPS) is 12.2. The smallest absolute Gasteiger partial charge is 0.220 e. The summed E-state index contributed by atoms with van der Waals surface area (Å²) in [5.41, 5.74) is 3.30. The molecular formula is C21H25N3O2. The SMILES string of the molecule is C[C@@H](c1ccccc1)n1c(CCNC(=O)CCCO)nc2ccccc21. The van der Waals surface area contributed by atoms with Gasteiger partial charge < -0.3 is 15.0 Å². The average Bonchev–Trinajstić information content (AvgIpc) is 3.04. The molecule has 1 heterocycles. The maximum atomic E-state index is 11.8. The van der Waals surface area contributed by atoms with E-state index >= 15 is 0 Å². The predicted molar refractivity (Wildman–Crippen MR) is 103 cm³/mol. The van der Waals surface area contributed by atoms with Crippen LogP contribution in [0.15, 0.2) is 54.6 Å². The number of para-hydroxylation sites is 2. The van der Waals surface area contributed by atoms with Crippen molar-refractivity contribution in [3.63, 3.8) is 0 Å². The topological polar surface area (TPSA) is 67.2 Å². The van der Waals surface area contributed by atoms with Crippen LogP contribution in [0.4, 0.5) is 0 Å². The second kappa shape index (κ2) is 8.63. The van der Waals surface area contributed by atoms with Crippen LogP contribution in [-0.4, -0.2) is 33.7 Å². The van der Waals surface area contributed by atoms with Crippen LogP contribution in [0.1, 0.15) is 37.2 Å². The summed E-state index contributed by atoms with van der Waals surface area (Å²) in [4.78, 5) is 16.5. The Bertz CT molecular complexity index is 858. The number of hydrogen-bond donors (Lipinski definition) is 2. The number of hydrogen-bond acceptors (Lipinski definition) is 3. The molecule has 3 rings (SSSR count). The Kier molecular flexibility index (Phi) is 6.02. The summed E-state index contributed by atoms with van der Waals surface area (Å²) in [5.74, 6) is 0.933. The fourth-order valence-corrected chi connectivity index (χ4v) is 3.23. The lowest BCUT2D eigenvalue weighted by Crippen LogP contribution is -2.26. The third-order valence-electron chi connectivity index (χ3n) is 4.57. The first-order valence-electron chi connectivity index (χ1n) is 9.09. The third kappa shape index (κ3) is 4.11. The van der Waals surface area contributed by atoms with Gasteiger partial charge in [0.05, 0.1) is 17.1 Å². The van der Waals surface area contributed by atoms with Crippen molar-refractivity contribution in [2.45, 2.75) is 32.2 Å². The molecule has 0 aliphatic rings. The van der Waals surface area contributed by atoms with Gasteiger partial charge in [-0.25, -0.2) is 4.98 Å². The maximum Gasteiger partial charge on any atom is 0.220 e. The second-order valence-electron chi connectivity index (χ2n) is 6.40. The number of carbonyl (C=O) groups excluding carboxylic acids is 1. The van der Waals surface area contributed by atoms with Gasteiger partial charge in [-0.15, -0.1) is 0 Å². The molecule has 1 aromatic heterocycles. The maximum absolute atomic E-state index is 11.8. The van der Waals surface area contributed by atoms with E-state index in [0.29, 0.717) is 25.8 Å². The summed E-state index contributed by atoms with van der Waals surface area (Å²) < 4.78 is 2.25.